The van der Waals surface area contributed by atoms with E-state index in [0.717, 1.165) is 128 Å². The van der Waals surface area contributed by atoms with Gasteiger partial charge in [-0.3, -0.25) is 14.4 Å². The summed E-state index contributed by atoms with van der Waals surface area (Å²) < 4.78 is 28.3. The van der Waals surface area contributed by atoms with E-state index in [1.807, 2.05) is 0 Å². The third kappa shape index (κ3) is 38.4. The lowest BCUT2D eigenvalue weighted by atomic mass is 9.98. The number of carbonyl (C=O) groups is 4. The number of rotatable bonds is 44. The molecule has 1 heterocycles. The number of hydrogen-bond donors (Lipinski definition) is 3. The van der Waals surface area contributed by atoms with Crippen molar-refractivity contribution in [3.8, 4) is 0 Å². The molecule has 1 aliphatic rings. The van der Waals surface area contributed by atoms with E-state index in [0.29, 0.717) is 19.3 Å². The van der Waals surface area contributed by atoms with Gasteiger partial charge in [-0.25, -0.2) is 4.79 Å². The van der Waals surface area contributed by atoms with E-state index < -0.39 is 67.3 Å². The first-order valence-corrected chi connectivity index (χ1v) is 27.5. The summed E-state index contributed by atoms with van der Waals surface area (Å²) >= 11 is 0. The lowest BCUT2D eigenvalue weighted by Crippen LogP contribution is -2.61. The molecule has 73 heavy (non-hydrogen) atoms. The first-order valence-electron chi connectivity index (χ1n) is 27.5. The van der Waals surface area contributed by atoms with Crippen LogP contribution in [0.15, 0.2) is 122 Å². The van der Waals surface area contributed by atoms with Crippen molar-refractivity contribution in [3.05, 3.63) is 122 Å². The maximum atomic E-state index is 13.1. The highest BCUT2D eigenvalue weighted by atomic mass is 16.7. The van der Waals surface area contributed by atoms with Crippen molar-refractivity contribution >= 4 is 23.9 Å². The predicted molar refractivity (Wildman–Crippen MR) is 293 cm³/mol. The average Bonchev–Trinajstić information content (AvgIpc) is 3.37. The molecule has 0 saturated carbocycles. The Morgan fingerprint density at radius 1 is 0.452 bits per heavy atom. The smallest absolute Gasteiger partial charge is 0.335 e. The van der Waals surface area contributed by atoms with Crippen molar-refractivity contribution in [1.82, 2.24) is 0 Å². The predicted octanol–water partition coefficient (Wildman–Crippen LogP) is 13.7. The van der Waals surface area contributed by atoms with Crippen LogP contribution in [-0.2, 0) is 42.9 Å². The minimum Gasteiger partial charge on any atom is -0.479 e. The highest BCUT2D eigenvalue weighted by molar-refractivity contribution is 5.74. The highest BCUT2D eigenvalue weighted by Crippen LogP contribution is 2.26. The first kappa shape index (κ1) is 66.1. The van der Waals surface area contributed by atoms with Crippen molar-refractivity contribution in [2.24, 2.45) is 0 Å². The van der Waals surface area contributed by atoms with Crippen molar-refractivity contribution < 1.29 is 58.2 Å². The highest BCUT2D eigenvalue weighted by Gasteiger charge is 2.50. The number of carboxylic acid groups (broad SMARTS) is 1. The number of aliphatic carboxylic acids is 1. The molecular weight excluding hydrogens is 925 g/mol. The van der Waals surface area contributed by atoms with E-state index in [1.165, 1.54) is 0 Å². The summed E-state index contributed by atoms with van der Waals surface area (Å²) in [6.45, 7) is 5.55. The number of allylic oxidation sites excluding steroid dienone is 20. The minimum atomic E-state index is -1.93. The number of aliphatic hydroxyl groups is 2. The van der Waals surface area contributed by atoms with Crippen LogP contribution in [0.4, 0.5) is 0 Å². The number of unbranched alkanes of at least 4 members (excludes halogenated alkanes) is 10. The summed E-state index contributed by atoms with van der Waals surface area (Å²) in [6, 6.07) is 0. The third-order valence-corrected chi connectivity index (χ3v) is 11.5. The zero-order chi connectivity index (χ0) is 53.3. The van der Waals surface area contributed by atoms with E-state index in [4.69, 9.17) is 23.7 Å². The second-order valence-electron chi connectivity index (χ2n) is 18.1. The van der Waals surface area contributed by atoms with E-state index in [2.05, 4.69) is 142 Å². The minimum absolute atomic E-state index is 0.0122. The van der Waals surface area contributed by atoms with Crippen molar-refractivity contribution in [2.45, 2.75) is 225 Å². The van der Waals surface area contributed by atoms with Crippen LogP contribution in [0.2, 0.25) is 0 Å². The van der Waals surface area contributed by atoms with Gasteiger partial charge in [0.1, 0.15) is 18.8 Å². The fourth-order valence-electron chi connectivity index (χ4n) is 7.38. The van der Waals surface area contributed by atoms with Crippen LogP contribution < -0.4 is 0 Å². The van der Waals surface area contributed by atoms with Crippen molar-refractivity contribution in [2.75, 3.05) is 13.2 Å². The Balaban J connectivity index is 2.79. The van der Waals surface area contributed by atoms with Gasteiger partial charge in [0.2, 0.25) is 0 Å². The van der Waals surface area contributed by atoms with Crippen LogP contribution in [0.25, 0.3) is 0 Å². The van der Waals surface area contributed by atoms with Gasteiger partial charge in [-0.2, -0.15) is 0 Å². The monoisotopic (exact) mass is 1020 g/mol. The lowest BCUT2D eigenvalue weighted by molar-refractivity contribution is -0.301. The molecule has 0 amide bonds. The molecule has 12 heteroatoms. The zero-order valence-corrected chi connectivity index (χ0v) is 44.8. The lowest BCUT2D eigenvalue weighted by Gasteiger charge is -2.40. The molecule has 1 fully saturated rings. The number of esters is 3. The molecule has 0 bridgehead atoms. The van der Waals surface area contributed by atoms with Crippen LogP contribution in [0.1, 0.15) is 188 Å². The fourth-order valence-corrected chi connectivity index (χ4v) is 7.38. The van der Waals surface area contributed by atoms with E-state index in [1.54, 1.807) is 0 Å². The summed E-state index contributed by atoms with van der Waals surface area (Å²) in [4.78, 5) is 51.0. The summed E-state index contributed by atoms with van der Waals surface area (Å²) in [6.07, 6.45) is 53.3. The van der Waals surface area contributed by atoms with Crippen LogP contribution in [0.3, 0.4) is 0 Å². The quantitative estimate of drug-likeness (QED) is 0.0228. The van der Waals surface area contributed by atoms with Crippen LogP contribution in [-0.4, -0.2) is 89.2 Å². The molecule has 6 atom stereocenters. The Bertz CT molecular complexity index is 1730. The summed E-state index contributed by atoms with van der Waals surface area (Å²) in [5.74, 6) is -3.26. The normalized spacial score (nSPS) is 19.3. The number of ether oxygens (including phenoxy) is 5. The second kappa shape index (κ2) is 48.1. The maximum Gasteiger partial charge on any atom is 0.335 e. The van der Waals surface area contributed by atoms with Crippen LogP contribution >= 0.6 is 0 Å². The van der Waals surface area contributed by atoms with Gasteiger partial charge in [-0.05, 0) is 122 Å². The molecule has 410 valence electrons. The largest absolute Gasteiger partial charge is 0.479 e. The molecule has 6 unspecified atom stereocenters. The van der Waals surface area contributed by atoms with Crippen LogP contribution in [0.5, 0.6) is 0 Å². The Morgan fingerprint density at radius 2 is 0.822 bits per heavy atom. The van der Waals surface area contributed by atoms with Gasteiger partial charge < -0.3 is 39.0 Å². The van der Waals surface area contributed by atoms with Crippen molar-refractivity contribution in [1.29, 1.82) is 0 Å². The molecule has 0 aromatic rings. The van der Waals surface area contributed by atoms with Gasteiger partial charge in [0.25, 0.3) is 0 Å². The van der Waals surface area contributed by atoms with Crippen molar-refractivity contribution in [3.63, 3.8) is 0 Å². The standard InChI is InChI=1S/C61H94O12/c1-4-7-10-13-16-19-22-25-27-30-32-35-38-41-44-47-53(62)69-50-52(71-54(63)48-45-42-39-36-34-31-28-26-23-20-17-14-11-8-5-2)51-70-61-59(57(66)56(65)58(73-61)60(67)68)72-55(64)49-46-43-40-37-33-29-24-21-18-15-12-9-6-3/h7-12,16-21,25-29,32-33,35,52,56-59,61,65-66H,4-6,13-15,22-24,30-31,34,36-51H2,1-3H3,(H,67,68)/b10-7-,11-8-,12-9-,19-16-,20-17-,21-18-,27-25-,28-26-,33-29-,35-32-. The number of aliphatic hydroxyl groups excluding tert-OH is 2. The average molecular weight is 1020 g/mol. The molecule has 0 aromatic carbocycles. The Labute approximate surface area is 439 Å². The van der Waals surface area contributed by atoms with Gasteiger partial charge in [0, 0.05) is 19.3 Å². The molecule has 1 rings (SSSR count). The van der Waals surface area contributed by atoms with E-state index in [9.17, 15) is 34.5 Å². The molecule has 0 aliphatic carbocycles. The number of carboxylic acids is 1. The maximum absolute atomic E-state index is 13.1. The summed E-state index contributed by atoms with van der Waals surface area (Å²) in [7, 11) is 0. The molecule has 3 N–H and O–H groups in total. The molecule has 12 nitrogen and oxygen atoms in total. The Morgan fingerprint density at radius 3 is 1.29 bits per heavy atom. The molecular formula is C61H94O12. The third-order valence-electron chi connectivity index (χ3n) is 11.5. The van der Waals surface area contributed by atoms with Gasteiger partial charge in [-0.1, -0.05) is 168 Å². The first-order chi connectivity index (χ1) is 35.6. The molecule has 0 spiro atoms. The topological polar surface area (TPSA) is 175 Å². The Kier molecular flexibility index (Phi) is 43.6. The Hall–Kier alpha value is -4.88. The van der Waals surface area contributed by atoms with Gasteiger partial charge in [-0.15, -0.1) is 0 Å². The molecule has 0 radical (unpaired) electrons. The molecule has 1 saturated heterocycles. The zero-order valence-electron chi connectivity index (χ0n) is 44.8. The van der Waals surface area contributed by atoms with Gasteiger partial charge in [0.05, 0.1) is 6.61 Å². The second-order valence-corrected chi connectivity index (χ2v) is 18.1. The van der Waals surface area contributed by atoms with Gasteiger partial charge >= 0.3 is 23.9 Å². The van der Waals surface area contributed by atoms with Crippen LogP contribution in [0, 0.1) is 0 Å². The fraction of sp³-hybridized carbons (Fsp3) is 0.607. The number of carbonyl (C=O) groups excluding carboxylic acids is 3. The van der Waals surface area contributed by atoms with E-state index >= 15 is 0 Å². The van der Waals surface area contributed by atoms with E-state index in [-0.39, 0.29) is 25.9 Å². The molecule has 0 aromatic heterocycles. The SMILES string of the molecule is CC/C=C\C/C=C\C/C=C\C/C=C\CCCCC(=O)OCC(COC1OC(C(=O)O)C(O)C(O)C1OC(=O)CCCCC/C=C\C/C=C\C/C=C\CC)OC(=O)CCCCCCC/C=C\C/C=C\C/C=C\CC. The summed E-state index contributed by atoms with van der Waals surface area (Å²) in [5.41, 5.74) is 0. The summed E-state index contributed by atoms with van der Waals surface area (Å²) in [5, 5.41) is 31.4. The molecule has 1 aliphatic heterocycles. The number of hydrogen-bond acceptors (Lipinski definition) is 11. The van der Waals surface area contributed by atoms with Gasteiger partial charge in [0.15, 0.2) is 24.6 Å².